The highest BCUT2D eigenvalue weighted by Crippen LogP contribution is 2.36. The number of hydrogen-bond donors (Lipinski definition) is 1. The topological polar surface area (TPSA) is 44.8 Å². The highest BCUT2D eigenvalue weighted by molar-refractivity contribution is 5.78. The van der Waals surface area contributed by atoms with Crippen LogP contribution in [0.3, 0.4) is 0 Å². The lowest BCUT2D eigenvalue weighted by Gasteiger charge is -2.36. The van der Waals surface area contributed by atoms with Crippen molar-refractivity contribution in [1.29, 1.82) is 0 Å². The highest BCUT2D eigenvalue weighted by Gasteiger charge is 2.44. The van der Waals surface area contributed by atoms with E-state index >= 15 is 0 Å². The Morgan fingerprint density at radius 1 is 1.08 bits per heavy atom. The minimum atomic E-state index is 0.179. The van der Waals surface area contributed by atoms with Gasteiger partial charge in [-0.15, -0.1) is 0 Å². The molecule has 0 saturated carbocycles. The second-order valence-corrected chi connectivity index (χ2v) is 7.60. The predicted octanol–water partition coefficient (Wildman–Crippen LogP) is 2.70. The van der Waals surface area contributed by atoms with Gasteiger partial charge in [-0.3, -0.25) is 0 Å². The van der Waals surface area contributed by atoms with Crippen molar-refractivity contribution in [2.45, 2.75) is 50.7 Å². The van der Waals surface area contributed by atoms with Gasteiger partial charge >= 0.3 is 6.03 Å². The molecule has 3 aliphatic rings. The van der Waals surface area contributed by atoms with Crippen LogP contribution in [-0.4, -0.2) is 60.8 Å². The van der Waals surface area contributed by atoms with Crippen molar-refractivity contribution < 1.29 is 9.53 Å². The van der Waals surface area contributed by atoms with Crippen molar-refractivity contribution in [1.82, 2.24) is 15.1 Å². The van der Waals surface area contributed by atoms with Gasteiger partial charge in [0, 0.05) is 31.8 Å². The predicted molar refractivity (Wildman–Crippen MR) is 97.6 cm³/mol. The van der Waals surface area contributed by atoms with Crippen LogP contribution in [0.1, 0.15) is 42.9 Å². The highest BCUT2D eigenvalue weighted by atomic mass is 16.5. The average Bonchev–Trinajstić information content (AvgIpc) is 3.00. The van der Waals surface area contributed by atoms with Gasteiger partial charge in [-0.1, -0.05) is 29.8 Å². The molecule has 1 aromatic rings. The van der Waals surface area contributed by atoms with E-state index < -0.39 is 0 Å². The summed E-state index contributed by atoms with van der Waals surface area (Å²) in [4.78, 5) is 17.7. The number of ether oxygens (including phenoxy) is 1. The molecule has 136 valence electrons. The quantitative estimate of drug-likeness (QED) is 0.918. The number of nitrogens with zero attached hydrogens (tertiary/aromatic N) is 2. The third kappa shape index (κ3) is 3.40. The van der Waals surface area contributed by atoms with Crippen LogP contribution in [0, 0.1) is 6.92 Å². The molecule has 1 atom stereocenters. The van der Waals surface area contributed by atoms with Crippen LogP contribution < -0.4 is 5.32 Å². The van der Waals surface area contributed by atoms with Crippen molar-refractivity contribution in [2.24, 2.45) is 0 Å². The fraction of sp³-hybridized carbons (Fsp3) is 0.650. The summed E-state index contributed by atoms with van der Waals surface area (Å²) in [6, 6.07) is 9.79. The summed E-state index contributed by atoms with van der Waals surface area (Å²) in [5, 5.41) is 3.42. The number of aryl methyl sites for hydroxylation is 1. The Labute approximate surface area is 150 Å². The number of carbonyl (C=O) groups excluding carboxylic acids is 1. The Morgan fingerprint density at radius 2 is 1.84 bits per heavy atom. The average molecular weight is 343 g/mol. The van der Waals surface area contributed by atoms with Gasteiger partial charge in [0.25, 0.3) is 0 Å². The Bertz CT molecular complexity index is 609. The van der Waals surface area contributed by atoms with Crippen molar-refractivity contribution in [3.63, 3.8) is 0 Å². The molecule has 0 spiro atoms. The van der Waals surface area contributed by atoms with Crippen molar-refractivity contribution in [3.8, 4) is 0 Å². The number of rotatable bonds is 3. The van der Waals surface area contributed by atoms with Gasteiger partial charge in [-0.05, 0) is 51.3 Å². The molecule has 0 aliphatic carbocycles. The van der Waals surface area contributed by atoms with Crippen LogP contribution >= 0.6 is 0 Å². The van der Waals surface area contributed by atoms with E-state index in [9.17, 15) is 4.79 Å². The van der Waals surface area contributed by atoms with E-state index in [0.29, 0.717) is 12.1 Å². The molecular formula is C20H29N3O2. The molecule has 5 heteroatoms. The third-order valence-electron chi connectivity index (χ3n) is 5.93. The van der Waals surface area contributed by atoms with E-state index in [1.54, 1.807) is 0 Å². The van der Waals surface area contributed by atoms with Gasteiger partial charge in [0.05, 0.1) is 6.04 Å². The molecule has 1 unspecified atom stereocenters. The summed E-state index contributed by atoms with van der Waals surface area (Å²) < 4.78 is 5.51. The van der Waals surface area contributed by atoms with Gasteiger partial charge in [-0.2, -0.15) is 0 Å². The molecule has 0 aromatic heterocycles. The number of carbonyl (C=O) groups is 1. The Hall–Kier alpha value is -1.59. The molecule has 1 aromatic carbocycles. The second-order valence-electron chi connectivity index (χ2n) is 7.60. The normalized spacial score (nSPS) is 26.4. The molecule has 3 aliphatic heterocycles. The molecule has 3 fully saturated rings. The Morgan fingerprint density at radius 3 is 2.56 bits per heavy atom. The van der Waals surface area contributed by atoms with E-state index in [4.69, 9.17) is 4.74 Å². The summed E-state index contributed by atoms with van der Waals surface area (Å²) in [5.74, 6) is 0. The van der Waals surface area contributed by atoms with Gasteiger partial charge < -0.3 is 19.9 Å². The SMILES string of the molecule is Cc1cccc(C2CN(C3CCOCC3)C(=O)N2C2CCNCC2)c1. The van der Waals surface area contributed by atoms with Crippen LogP contribution in [0.2, 0.25) is 0 Å². The maximum absolute atomic E-state index is 13.4. The lowest BCUT2D eigenvalue weighted by Crippen LogP contribution is -2.48. The zero-order valence-electron chi connectivity index (χ0n) is 15.1. The molecular weight excluding hydrogens is 314 g/mol. The lowest BCUT2D eigenvalue weighted by atomic mass is 9.99. The van der Waals surface area contributed by atoms with Crippen molar-refractivity contribution in [2.75, 3.05) is 32.8 Å². The van der Waals surface area contributed by atoms with Gasteiger partial charge in [0.1, 0.15) is 0 Å². The Balaban J connectivity index is 1.62. The van der Waals surface area contributed by atoms with Gasteiger partial charge in [0.15, 0.2) is 0 Å². The number of urea groups is 1. The minimum Gasteiger partial charge on any atom is -0.381 e. The standard InChI is InChI=1S/C20H29N3O2/c1-15-3-2-4-16(13-15)19-14-22(17-7-11-25-12-8-17)20(24)23(19)18-5-9-21-10-6-18/h2-4,13,17-19,21H,5-12,14H2,1H3. The molecule has 25 heavy (non-hydrogen) atoms. The first kappa shape index (κ1) is 16.9. The second kappa shape index (κ2) is 7.34. The zero-order valence-corrected chi connectivity index (χ0v) is 15.1. The fourth-order valence-corrected chi connectivity index (χ4v) is 4.57. The monoisotopic (exact) mass is 343 g/mol. The summed E-state index contributed by atoms with van der Waals surface area (Å²) in [6.07, 6.45) is 4.03. The van der Waals surface area contributed by atoms with Crippen LogP contribution in [0.4, 0.5) is 4.79 Å². The van der Waals surface area contributed by atoms with E-state index in [1.807, 2.05) is 0 Å². The third-order valence-corrected chi connectivity index (χ3v) is 5.93. The van der Waals surface area contributed by atoms with Crippen LogP contribution in [0.5, 0.6) is 0 Å². The maximum Gasteiger partial charge on any atom is 0.321 e. The maximum atomic E-state index is 13.4. The zero-order chi connectivity index (χ0) is 17.2. The van der Waals surface area contributed by atoms with E-state index in [2.05, 4.69) is 46.3 Å². The van der Waals surface area contributed by atoms with Crippen LogP contribution in [0.15, 0.2) is 24.3 Å². The number of hydrogen-bond acceptors (Lipinski definition) is 3. The first-order chi connectivity index (χ1) is 12.2. The van der Waals surface area contributed by atoms with Crippen LogP contribution in [-0.2, 0) is 4.74 Å². The molecule has 1 N–H and O–H groups in total. The van der Waals surface area contributed by atoms with Crippen LogP contribution in [0.25, 0.3) is 0 Å². The molecule has 5 nitrogen and oxygen atoms in total. The molecule has 3 heterocycles. The molecule has 0 bridgehead atoms. The smallest absolute Gasteiger partial charge is 0.321 e. The molecule has 0 radical (unpaired) electrons. The molecule has 3 saturated heterocycles. The van der Waals surface area contributed by atoms with Gasteiger partial charge in [-0.25, -0.2) is 4.79 Å². The van der Waals surface area contributed by atoms with E-state index in [0.717, 1.165) is 58.5 Å². The summed E-state index contributed by atoms with van der Waals surface area (Å²) in [5.41, 5.74) is 2.54. The number of nitrogens with one attached hydrogen (secondary N) is 1. The molecule has 4 rings (SSSR count). The largest absolute Gasteiger partial charge is 0.381 e. The van der Waals surface area contributed by atoms with Crippen molar-refractivity contribution >= 4 is 6.03 Å². The fourth-order valence-electron chi connectivity index (χ4n) is 4.57. The number of piperidine rings is 1. The lowest BCUT2D eigenvalue weighted by molar-refractivity contribution is 0.0498. The van der Waals surface area contributed by atoms with Gasteiger partial charge in [0.2, 0.25) is 0 Å². The number of amides is 2. The Kier molecular flexibility index (Phi) is 4.95. The number of benzene rings is 1. The summed E-state index contributed by atoms with van der Waals surface area (Å²) in [6.45, 7) is 6.51. The first-order valence-electron chi connectivity index (χ1n) is 9.68. The molecule has 2 amide bonds. The summed E-state index contributed by atoms with van der Waals surface area (Å²) in [7, 11) is 0. The van der Waals surface area contributed by atoms with E-state index in [-0.39, 0.29) is 12.1 Å². The summed E-state index contributed by atoms with van der Waals surface area (Å²) >= 11 is 0. The van der Waals surface area contributed by atoms with E-state index in [1.165, 1.54) is 11.1 Å². The minimum absolute atomic E-state index is 0.179. The first-order valence-corrected chi connectivity index (χ1v) is 9.68. The van der Waals surface area contributed by atoms with Crippen molar-refractivity contribution in [3.05, 3.63) is 35.4 Å².